The Bertz CT molecular complexity index is 1160. The van der Waals surface area contributed by atoms with Gasteiger partial charge in [-0.3, -0.25) is 0 Å². The highest BCUT2D eigenvalue weighted by atomic mass is 32.2. The van der Waals surface area contributed by atoms with Crippen molar-refractivity contribution in [3.05, 3.63) is 42.1 Å². The number of aromatic nitrogens is 3. The van der Waals surface area contributed by atoms with Gasteiger partial charge in [-0.25, -0.2) is 12.7 Å². The van der Waals surface area contributed by atoms with Crippen LogP contribution in [0.15, 0.2) is 41.4 Å². The number of anilines is 2. The van der Waals surface area contributed by atoms with E-state index in [2.05, 4.69) is 24.3 Å². The number of nitrogens with zero attached hydrogens (tertiary/aromatic N) is 4. The van der Waals surface area contributed by atoms with E-state index in [9.17, 15) is 8.42 Å². The lowest BCUT2D eigenvalue weighted by Crippen LogP contribution is -2.22. The molecule has 0 radical (unpaired) electrons. The average molecular weight is 444 g/mol. The summed E-state index contributed by atoms with van der Waals surface area (Å²) >= 11 is 0. The highest BCUT2D eigenvalue weighted by Crippen LogP contribution is 2.29. The van der Waals surface area contributed by atoms with Crippen LogP contribution in [0, 0.1) is 0 Å². The van der Waals surface area contributed by atoms with Gasteiger partial charge in [-0.15, -0.1) is 0 Å². The van der Waals surface area contributed by atoms with Crippen molar-refractivity contribution >= 4 is 27.2 Å². The van der Waals surface area contributed by atoms with E-state index in [1.165, 1.54) is 31.2 Å². The summed E-state index contributed by atoms with van der Waals surface area (Å²) in [5.41, 5.74) is 2.56. The molecule has 1 aliphatic carbocycles. The molecule has 0 atom stereocenters. The molecule has 0 aliphatic heterocycles. The molecule has 1 fully saturated rings. The van der Waals surface area contributed by atoms with Gasteiger partial charge in [0.2, 0.25) is 15.9 Å². The third-order valence-corrected chi connectivity index (χ3v) is 7.42. The maximum Gasteiger partial charge on any atom is 0.242 e. The average Bonchev–Trinajstić information content (AvgIpc) is 3.38. The van der Waals surface area contributed by atoms with Gasteiger partial charge in [0.05, 0.1) is 11.1 Å². The van der Waals surface area contributed by atoms with Gasteiger partial charge in [-0.2, -0.15) is 14.6 Å². The van der Waals surface area contributed by atoms with Crippen LogP contribution in [0.2, 0.25) is 0 Å². The van der Waals surface area contributed by atoms with E-state index in [0.717, 1.165) is 29.7 Å². The van der Waals surface area contributed by atoms with E-state index in [1.807, 2.05) is 12.3 Å². The zero-order valence-corrected chi connectivity index (χ0v) is 19.2. The minimum Gasteiger partial charge on any atom is -0.474 e. The molecule has 3 aromatic rings. The molecule has 0 bridgehead atoms. The van der Waals surface area contributed by atoms with Gasteiger partial charge in [0.25, 0.3) is 0 Å². The molecule has 166 valence electrons. The second-order valence-electron chi connectivity index (χ2n) is 8.43. The number of fused-ring (bicyclic) bond motifs is 1. The van der Waals surface area contributed by atoms with Gasteiger partial charge in [-0.1, -0.05) is 13.8 Å². The van der Waals surface area contributed by atoms with E-state index in [-0.39, 0.29) is 16.9 Å². The molecule has 1 aromatic carbocycles. The minimum absolute atomic E-state index is 0.198. The third kappa shape index (κ3) is 4.38. The lowest BCUT2D eigenvalue weighted by molar-refractivity contribution is 0.202. The molecule has 31 heavy (non-hydrogen) atoms. The van der Waals surface area contributed by atoms with E-state index in [1.54, 1.807) is 28.8 Å². The molecular formula is C22H29N5O3S. The Morgan fingerprint density at radius 1 is 1.16 bits per heavy atom. The number of hydrogen-bond donors (Lipinski definition) is 1. The van der Waals surface area contributed by atoms with Crippen molar-refractivity contribution in [3.63, 3.8) is 0 Å². The maximum atomic E-state index is 12.3. The van der Waals surface area contributed by atoms with Gasteiger partial charge >= 0.3 is 0 Å². The molecule has 0 amide bonds. The smallest absolute Gasteiger partial charge is 0.242 e. The first-order chi connectivity index (χ1) is 14.8. The predicted molar refractivity (Wildman–Crippen MR) is 121 cm³/mol. The Labute approximate surface area is 183 Å². The molecule has 0 unspecified atom stereocenters. The van der Waals surface area contributed by atoms with Crippen molar-refractivity contribution in [1.29, 1.82) is 0 Å². The van der Waals surface area contributed by atoms with E-state index >= 15 is 0 Å². The lowest BCUT2D eigenvalue weighted by atomic mass is 10.1. The molecule has 8 nitrogen and oxygen atoms in total. The second-order valence-corrected chi connectivity index (χ2v) is 10.6. The molecule has 1 N–H and O–H groups in total. The van der Waals surface area contributed by atoms with Gasteiger partial charge in [0.1, 0.15) is 11.9 Å². The van der Waals surface area contributed by atoms with Crippen LogP contribution < -0.4 is 10.1 Å². The number of benzene rings is 1. The summed E-state index contributed by atoms with van der Waals surface area (Å²) in [5.74, 6) is 1.57. The first-order valence-electron chi connectivity index (χ1n) is 10.6. The summed E-state index contributed by atoms with van der Waals surface area (Å²) in [6.07, 6.45) is 6.50. The Kier molecular flexibility index (Phi) is 5.90. The van der Waals surface area contributed by atoms with Crippen molar-refractivity contribution < 1.29 is 13.2 Å². The minimum atomic E-state index is -3.47. The van der Waals surface area contributed by atoms with Crippen LogP contribution in [-0.4, -0.2) is 47.5 Å². The Morgan fingerprint density at radius 2 is 1.84 bits per heavy atom. The summed E-state index contributed by atoms with van der Waals surface area (Å²) in [6.45, 7) is 4.22. The zero-order valence-electron chi connectivity index (χ0n) is 18.4. The van der Waals surface area contributed by atoms with Crippen LogP contribution in [0.4, 0.5) is 11.5 Å². The highest BCUT2D eigenvalue weighted by molar-refractivity contribution is 7.89. The number of nitrogens with one attached hydrogen (secondary N) is 1. The van der Waals surface area contributed by atoms with Crippen LogP contribution in [0.1, 0.15) is 51.0 Å². The maximum absolute atomic E-state index is 12.3. The molecule has 1 saturated carbocycles. The fourth-order valence-corrected chi connectivity index (χ4v) is 4.66. The normalized spacial score (nSPS) is 15.3. The van der Waals surface area contributed by atoms with Crippen molar-refractivity contribution in [2.75, 3.05) is 19.4 Å². The van der Waals surface area contributed by atoms with Gasteiger partial charge < -0.3 is 10.1 Å². The summed E-state index contributed by atoms with van der Waals surface area (Å²) in [5, 5.41) is 7.87. The van der Waals surface area contributed by atoms with Crippen LogP contribution >= 0.6 is 0 Å². The van der Waals surface area contributed by atoms with Crippen molar-refractivity contribution in [3.8, 4) is 5.88 Å². The molecule has 2 aromatic heterocycles. The fraction of sp³-hybridized carbons (Fsp3) is 0.455. The van der Waals surface area contributed by atoms with Crippen LogP contribution in [0.25, 0.3) is 5.65 Å². The second kappa shape index (κ2) is 8.47. The molecular weight excluding hydrogens is 414 g/mol. The Hall–Kier alpha value is -2.65. The molecule has 0 spiro atoms. The first-order valence-corrected chi connectivity index (χ1v) is 12.0. The standard InChI is InChI=1S/C22H29N5O3S/c1-15(2)19-14-23-27-20(13-21(25-22(19)27)30-17-7-5-6-8-17)24-16-9-11-18(12-10-16)31(28,29)26(3)4/h9-15,17,24H,5-8H2,1-4H3. The largest absolute Gasteiger partial charge is 0.474 e. The van der Waals surface area contributed by atoms with Gasteiger partial charge in [0.15, 0.2) is 5.65 Å². The van der Waals surface area contributed by atoms with E-state index in [4.69, 9.17) is 9.72 Å². The summed E-state index contributed by atoms with van der Waals surface area (Å²) in [6, 6.07) is 8.52. The fourth-order valence-electron chi connectivity index (χ4n) is 3.76. The Balaban J connectivity index is 1.69. The number of hydrogen-bond acceptors (Lipinski definition) is 6. The topological polar surface area (TPSA) is 88.8 Å². The van der Waals surface area contributed by atoms with Gasteiger partial charge in [0, 0.05) is 31.4 Å². The number of ether oxygens (including phenoxy) is 1. The Morgan fingerprint density at radius 3 is 2.45 bits per heavy atom. The number of rotatable bonds is 7. The van der Waals surface area contributed by atoms with E-state index < -0.39 is 10.0 Å². The monoisotopic (exact) mass is 443 g/mol. The third-order valence-electron chi connectivity index (χ3n) is 5.59. The van der Waals surface area contributed by atoms with E-state index in [0.29, 0.717) is 11.7 Å². The molecule has 9 heteroatoms. The van der Waals surface area contributed by atoms with Crippen molar-refractivity contribution in [1.82, 2.24) is 18.9 Å². The quantitative estimate of drug-likeness (QED) is 0.590. The molecule has 1 aliphatic rings. The number of sulfonamides is 1. The van der Waals surface area contributed by atoms with Crippen molar-refractivity contribution in [2.45, 2.75) is 56.4 Å². The SMILES string of the molecule is CC(C)c1cnn2c(Nc3ccc(S(=O)(=O)N(C)C)cc3)cc(OC3CCCC3)nc12. The van der Waals surface area contributed by atoms with Crippen LogP contribution in [0.5, 0.6) is 5.88 Å². The van der Waals surface area contributed by atoms with Crippen LogP contribution in [-0.2, 0) is 10.0 Å². The van der Waals surface area contributed by atoms with Crippen molar-refractivity contribution in [2.24, 2.45) is 0 Å². The summed E-state index contributed by atoms with van der Waals surface area (Å²) in [7, 11) is -0.432. The van der Waals surface area contributed by atoms with Crippen LogP contribution in [0.3, 0.4) is 0 Å². The van der Waals surface area contributed by atoms with Gasteiger partial charge in [-0.05, 0) is 55.9 Å². The predicted octanol–water partition coefficient (Wildman–Crippen LogP) is 4.17. The highest BCUT2D eigenvalue weighted by Gasteiger charge is 2.20. The molecule has 2 heterocycles. The molecule has 4 rings (SSSR count). The first kappa shape index (κ1) is 21.6. The summed E-state index contributed by atoms with van der Waals surface area (Å²) < 4.78 is 33.8. The summed E-state index contributed by atoms with van der Waals surface area (Å²) in [4.78, 5) is 4.99. The molecule has 0 saturated heterocycles. The zero-order chi connectivity index (χ0) is 22.2. The lowest BCUT2D eigenvalue weighted by Gasteiger charge is -2.16.